The van der Waals surface area contributed by atoms with E-state index in [0.717, 1.165) is 22.8 Å². The number of carbonyl (C=O) groups is 1. The molecule has 0 amide bonds. The van der Waals surface area contributed by atoms with E-state index in [2.05, 4.69) is 0 Å². The van der Waals surface area contributed by atoms with Gasteiger partial charge in [0.2, 0.25) is 0 Å². The fourth-order valence-electron chi connectivity index (χ4n) is 2.18. The molecule has 0 aliphatic rings. The molecule has 2 aromatic rings. The van der Waals surface area contributed by atoms with Crippen LogP contribution in [0.5, 0.6) is 17.2 Å². The van der Waals surface area contributed by atoms with Gasteiger partial charge in [-0.1, -0.05) is 18.2 Å². The first-order chi connectivity index (χ1) is 12.2. The predicted octanol–water partition coefficient (Wildman–Crippen LogP) is 3.78. The maximum atomic E-state index is 11.7. The van der Waals surface area contributed by atoms with Crippen molar-refractivity contribution in [2.45, 2.75) is 19.8 Å². The summed E-state index contributed by atoms with van der Waals surface area (Å²) in [6.45, 7) is 3.02. The lowest BCUT2D eigenvalue weighted by molar-refractivity contribution is -0.144. The number of esters is 1. The number of carbonyl (C=O) groups excluding carboxylic acids is 1. The molecule has 25 heavy (non-hydrogen) atoms. The average Bonchev–Trinajstić information content (AvgIpc) is 2.64. The molecule has 5 nitrogen and oxygen atoms in total. The highest BCUT2D eigenvalue weighted by Crippen LogP contribution is 2.17. The van der Waals surface area contributed by atoms with Crippen LogP contribution < -0.4 is 14.2 Å². The Hall–Kier alpha value is -2.69. The molecule has 0 unspecified atom stereocenters. The second kappa shape index (κ2) is 10.2. The molecule has 5 heteroatoms. The van der Waals surface area contributed by atoms with Crippen LogP contribution in [0.4, 0.5) is 0 Å². The number of para-hydroxylation sites is 1. The van der Waals surface area contributed by atoms with Crippen molar-refractivity contribution in [1.29, 1.82) is 0 Å². The second-order valence-electron chi connectivity index (χ2n) is 5.46. The van der Waals surface area contributed by atoms with E-state index >= 15 is 0 Å². The number of aryl methyl sites for hydroxylation is 1. The number of rotatable bonds is 10. The Morgan fingerprint density at radius 1 is 0.880 bits per heavy atom. The van der Waals surface area contributed by atoms with Crippen LogP contribution >= 0.6 is 0 Å². The molecule has 2 rings (SSSR count). The van der Waals surface area contributed by atoms with Crippen molar-refractivity contribution in [1.82, 2.24) is 0 Å². The van der Waals surface area contributed by atoms with Crippen LogP contribution in [0, 0.1) is 6.92 Å². The minimum Gasteiger partial charge on any atom is -0.497 e. The van der Waals surface area contributed by atoms with Gasteiger partial charge >= 0.3 is 5.97 Å². The Labute approximate surface area is 148 Å². The third-order valence-corrected chi connectivity index (χ3v) is 3.55. The molecule has 0 radical (unpaired) electrons. The van der Waals surface area contributed by atoms with E-state index in [1.165, 1.54) is 0 Å². The Kier molecular flexibility index (Phi) is 7.63. The fraction of sp³-hybridized carbons (Fsp3) is 0.350. The summed E-state index contributed by atoms with van der Waals surface area (Å²) in [5.74, 6) is 2.10. The van der Waals surface area contributed by atoms with Crippen LogP contribution in [0.1, 0.15) is 18.4 Å². The molecule has 0 bridgehead atoms. The first kappa shape index (κ1) is 18.6. The van der Waals surface area contributed by atoms with Crippen LogP contribution in [0.25, 0.3) is 0 Å². The smallest absolute Gasteiger partial charge is 0.306 e. The summed E-state index contributed by atoms with van der Waals surface area (Å²) in [6.07, 6.45) is 0.921. The topological polar surface area (TPSA) is 54.0 Å². The average molecular weight is 344 g/mol. The lowest BCUT2D eigenvalue weighted by Crippen LogP contribution is -2.13. The molecule has 0 aliphatic heterocycles. The van der Waals surface area contributed by atoms with Gasteiger partial charge in [0.15, 0.2) is 0 Å². The second-order valence-corrected chi connectivity index (χ2v) is 5.46. The standard InChI is InChI=1S/C20H24O5/c1-16-6-3-4-7-19(16)24-14-15-25-20(21)8-5-13-23-18-11-9-17(22-2)10-12-18/h3-4,6-7,9-12H,5,8,13-15H2,1-2H3. The van der Waals surface area contributed by atoms with Crippen LogP contribution in [-0.4, -0.2) is 32.9 Å². The molecule has 0 aliphatic carbocycles. The van der Waals surface area contributed by atoms with Gasteiger partial charge in [0.1, 0.15) is 30.5 Å². The van der Waals surface area contributed by atoms with Crippen molar-refractivity contribution in [3.8, 4) is 17.2 Å². The van der Waals surface area contributed by atoms with Crippen LogP contribution in [0.15, 0.2) is 48.5 Å². The highest BCUT2D eigenvalue weighted by molar-refractivity contribution is 5.69. The van der Waals surface area contributed by atoms with E-state index in [1.807, 2.05) is 55.5 Å². The molecule has 0 saturated heterocycles. The normalized spacial score (nSPS) is 10.2. The Bertz CT molecular complexity index is 651. The molecular weight excluding hydrogens is 320 g/mol. The van der Waals surface area contributed by atoms with E-state index in [9.17, 15) is 4.79 Å². The van der Waals surface area contributed by atoms with Gasteiger partial charge in [0, 0.05) is 6.42 Å². The molecule has 0 N–H and O–H groups in total. The van der Waals surface area contributed by atoms with Gasteiger partial charge < -0.3 is 18.9 Å². The Morgan fingerprint density at radius 2 is 1.60 bits per heavy atom. The maximum Gasteiger partial charge on any atom is 0.306 e. The number of hydrogen-bond donors (Lipinski definition) is 0. The zero-order chi connectivity index (χ0) is 17.9. The molecule has 0 saturated carbocycles. The summed E-state index contributed by atoms with van der Waals surface area (Å²) < 4.78 is 21.4. The fourth-order valence-corrected chi connectivity index (χ4v) is 2.18. The molecule has 0 atom stereocenters. The predicted molar refractivity (Wildman–Crippen MR) is 95.4 cm³/mol. The largest absolute Gasteiger partial charge is 0.497 e. The van der Waals surface area contributed by atoms with Gasteiger partial charge in [-0.15, -0.1) is 0 Å². The van der Waals surface area contributed by atoms with Gasteiger partial charge in [-0.05, 0) is 49.2 Å². The van der Waals surface area contributed by atoms with Crippen LogP contribution in [-0.2, 0) is 9.53 Å². The van der Waals surface area contributed by atoms with E-state index in [4.69, 9.17) is 18.9 Å². The van der Waals surface area contributed by atoms with E-state index in [1.54, 1.807) is 7.11 Å². The van der Waals surface area contributed by atoms with Crippen molar-refractivity contribution in [3.05, 3.63) is 54.1 Å². The minimum atomic E-state index is -0.244. The molecule has 0 fully saturated rings. The Morgan fingerprint density at radius 3 is 2.32 bits per heavy atom. The zero-order valence-corrected chi connectivity index (χ0v) is 14.7. The molecule has 0 heterocycles. The molecular formula is C20H24O5. The zero-order valence-electron chi connectivity index (χ0n) is 14.7. The summed E-state index contributed by atoms with van der Waals surface area (Å²) >= 11 is 0. The summed E-state index contributed by atoms with van der Waals surface area (Å²) in [7, 11) is 1.62. The molecule has 2 aromatic carbocycles. The molecule has 0 spiro atoms. The first-order valence-corrected chi connectivity index (χ1v) is 8.30. The lowest BCUT2D eigenvalue weighted by Gasteiger charge is -2.09. The van der Waals surface area contributed by atoms with Gasteiger partial charge in [0.05, 0.1) is 13.7 Å². The molecule has 0 aromatic heterocycles. The van der Waals surface area contributed by atoms with Gasteiger partial charge in [-0.25, -0.2) is 0 Å². The third kappa shape index (κ3) is 6.75. The summed E-state index contributed by atoms with van der Waals surface area (Å²) in [4.78, 5) is 11.7. The highest BCUT2D eigenvalue weighted by atomic mass is 16.6. The van der Waals surface area contributed by atoms with Crippen LogP contribution in [0.3, 0.4) is 0 Å². The van der Waals surface area contributed by atoms with Crippen molar-refractivity contribution in [3.63, 3.8) is 0 Å². The van der Waals surface area contributed by atoms with Gasteiger partial charge in [-0.2, -0.15) is 0 Å². The van der Waals surface area contributed by atoms with E-state index in [0.29, 0.717) is 26.1 Å². The van der Waals surface area contributed by atoms with Crippen molar-refractivity contribution >= 4 is 5.97 Å². The van der Waals surface area contributed by atoms with Crippen molar-refractivity contribution in [2.75, 3.05) is 26.9 Å². The van der Waals surface area contributed by atoms with E-state index in [-0.39, 0.29) is 12.6 Å². The van der Waals surface area contributed by atoms with Crippen molar-refractivity contribution in [2.24, 2.45) is 0 Å². The maximum absolute atomic E-state index is 11.7. The number of methoxy groups -OCH3 is 1. The monoisotopic (exact) mass is 344 g/mol. The summed E-state index contributed by atoms with van der Waals surface area (Å²) in [5, 5.41) is 0. The number of benzene rings is 2. The van der Waals surface area contributed by atoms with Gasteiger partial charge in [-0.3, -0.25) is 4.79 Å². The SMILES string of the molecule is COc1ccc(OCCCC(=O)OCCOc2ccccc2C)cc1. The quantitative estimate of drug-likeness (QED) is 0.485. The third-order valence-electron chi connectivity index (χ3n) is 3.55. The first-order valence-electron chi connectivity index (χ1n) is 8.30. The summed E-state index contributed by atoms with van der Waals surface area (Å²) in [6, 6.07) is 15.1. The minimum absolute atomic E-state index is 0.243. The highest BCUT2D eigenvalue weighted by Gasteiger charge is 2.04. The van der Waals surface area contributed by atoms with Crippen LogP contribution in [0.2, 0.25) is 0 Å². The Balaban J connectivity index is 1.54. The lowest BCUT2D eigenvalue weighted by atomic mass is 10.2. The number of ether oxygens (including phenoxy) is 4. The van der Waals surface area contributed by atoms with E-state index < -0.39 is 0 Å². The van der Waals surface area contributed by atoms with Gasteiger partial charge in [0.25, 0.3) is 0 Å². The molecule has 134 valence electrons. The summed E-state index contributed by atoms with van der Waals surface area (Å²) in [5.41, 5.74) is 1.06. The van der Waals surface area contributed by atoms with Crippen molar-refractivity contribution < 1.29 is 23.7 Å². The number of hydrogen-bond acceptors (Lipinski definition) is 5.